The van der Waals surface area contributed by atoms with E-state index in [1.54, 1.807) is 0 Å². The molecule has 1 N–H and O–H groups in total. The van der Waals surface area contributed by atoms with Gasteiger partial charge in [0.15, 0.2) is 0 Å². The molecule has 1 heterocycles. The molecule has 1 aliphatic heterocycles. The second-order valence-corrected chi connectivity index (χ2v) is 6.22. The highest BCUT2D eigenvalue weighted by atomic mass is 16.2. The van der Waals surface area contributed by atoms with Crippen LogP contribution in [0.3, 0.4) is 0 Å². The van der Waals surface area contributed by atoms with Gasteiger partial charge in [-0.3, -0.25) is 4.79 Å². The van der Waals surface area contributed by atoms with Crippen LogP contribution >= 0.6 is 0 Å². The van der Waals surface area contributed by atoms with E-state index in [0.29, 0.717) is 12.5 Å². The number of carbonyl (C=O) groups is 1. The zero-order chi connectivity index (χ0) is 15.2. The maximum absolute atomic E-state index is 12.5. The second kappa shape index (κ2) is 7.60. The lowest BCUT2D eigenvalue weighted by Gasteiger charge is -2.32. The Hall–Kier alpha value is -1.35. The van der Waals surface area contributed by atoms with Crippen molar-refractivity contribution in [3.8, 4) is 0 Å². The van der Waals surface area contributed by atoms with Gasteiger partial charge in [-0.1, -0.05) is 30.7 Å². The molecular weight excluding hydrogens is 260 g/mol. The number of benzene rings is 1. The van der Waals surface area contributed by atoms with Crippen molar-refractivity contribution in [1.29, 1.82) is 0 Å². The number of hydrogen-bond donors (Lipinski definition) is 1. The lowest BCUT2D eigenvalue weighted by Crippen LogP contribution is -2.45. The van der Waals surface area contributed by atoms with Crippen molar-refractivity contribution in [3.05, 3.63) is 34.9 Å². The highest BCUT2D eigenvalue weighted by Crippen LogP contribution is 2.15. The van der Waals surface area contributed by atoms with E-state index >= 15 is 0 Å². The van der Waals surface area contributed by atoms with Crippen LogP contribution in [0.5, 0.6) is 0 Å². The number of nitrogens with one attached hydrogen (secondary N) is 1. The third-order valence-corrected chi connectivity index (χ3v) is 4.38. The second-order valence-electron chi connectivity index (χ2n) is 6.22. The molecule has 0 saturated carbocycles. The SMILES string of the molecule is CCCNC1CCN(C(=O)Cc2cc(C)ccc2C)CC1. The van der Waals surface area contributed by atoms with Crippen LogP contribution < -0.4 is 5.32 Å². The Bertz CT molecular complexity index is 476. The van der Waals surface area contributed by atoms with Crippen LogP contribution in [-0.2, 0) is 11.2 Å². The first kappa shape index (κ1) is 16.0. The largest absolute Gasteiger partial charge is 0.342 e. The highest BCUT2D eigenvalue weighted by Gasteiger charge is 2.22. The van der Waals surface area contributed by atoms with Gasteiger partial charge >= 0.3 is 0 Å². The lowest BCUT2D eigenvalue weighted by molar-refractivity contribution is -0.131. The number of carbonyl (C=O) groups excluding carboxylic acids is 1. The molecule has 1 aromatic rings. The van der Waals surface area contributed by atoms with E-state index in [1.807, 2.05) is 4.90 Å². The Morgan fingerprint density at radius 1 is 1.29 bits per heavy atom. The molecule has 1 aliphatic rings. The third kappa shape index (κ3) is 4.57. The number of rotatable bonds is 5. The molecule has 0 radical (unpaired) electrons. The van der Waals surface area contributed by atoms with Crippen molar-refractivity contribution in [3.63, 3.8) is 0 Å². The van der Waals surface area contributed by atoms with Crippen molar-refractivity contribution in [1.82, 2.24) is 10.2 Å². The van der Waals surface area contributed by atoms with Crippen LogP contribution in [0.4, 0.5) is 0 Å². The number of piperidine rings is 1. The van der Waals surface area contributed by atoms with Crippen LogP contribution in [0.25, 0.3) is 0 Å². The van der Waals surface area contributed by atoms with Crippen molar-refractivity contribution < 1.29 is 4.79 Å². The molecule has 21 heavy (non-hydrogen) atoms. The average Bonchev–Trinajstić information content (AvgIpc) is 2.49. The monoisotopic (exact) mass is 288 g/mol. The molecule has 0 spiro atoms. The minimum atomic E-state index is 0.276. The number of nitrogens with zero attached hydrogens (tertiary/aromatic N) is 1. The Morgan fingerprint density at radius 2 is 2.00 bits per heavy atom. The van der Waals surface area contributed by atoms with Gasteiger partial charge in [-0.15, -0.1) is 0 Å². The minimum absolute atomic E-state index is 0.276. The maximum Gasteiger partial charge on any atom is 0.227 e. The van der Waals surface area contributed by atoms with E-state index in [4.69, 9.17) is 0 Å². The summed E-state index contributed by atoms with van der Waals surface area (Å²) in [6.07, 6.45) is 3.88. The molecular formula is C18H28N2O. The van der Waals surface area contributed by atoms with Crippen molar-refractivity contribution in [2.24, 2.45) is 0 Å². The molecule has 1 aromatic carbocycles. The number of aryl methyl sites for hydroxylation is 2. The molecule has 1 saturated heterocycles. The summed E-state index contributed by atoms with van der Waals surface area (Å²) in [6.45, 7) is 9.23. The van der Waals surface area contributed by atoms with Gasteiger partial charge in [-0.05, 0) is 50.8 Å². The van der Waals surface area contributed by atoms with Crippen LogP contribution in [0.15, 0.2) is 18.2 Å². The first-order valence-electron chi connectivity index (χ1n) is 8.17. The Labute approximate surface area is 128 Å². The summed E-state index contributed by atoms with van der Waals surface area (Å²) in [5.74, 6) is 0.276. The fraction of sp³-hybridized carbons (Fsp3) is 0.611. The van der Waals surface area contributed by atoms with Crippen molar-refractivity contribution in [2.75, 3.05) is 19.6 Å². The third-order valence-electron chi connectivity index (χ3n) is 4.38. The van der Waals surface area contributed by atoms with Gasteiger partial charge in [-0.25, -0.2) is 0 Å². The van der Waals surface area contributed by atoms with Crippen molar-refractivity contribution in [2.45, 2.75) is 52.5 Å². The fourth-order valence-corrected chi connectivity index (χ4v) is 2.95. The summed E-state index contributed by atoms with van der Waals surface area (Å²) in [4.78, 5) is 14.5. The smallest absolute Gasteiger partial charge is 0.227 e. The van der Waals surface area contributed by atoms with Gasteiger partial charge in [-0.2, -0.15) is 0 Å². The van der Waals surface area contributed by atoms with E-state index < -0.39 is 0 Å². The molecule has 3 heteroatoms. The summed E-state index contributed by atoms with van der Waals surface area (Å²) in [5, 5.41) is 3.56. The summed E-state index contributed by atoms with van der Waals surface area (Å²) in [6, 6.07) is 6.95. The van der Waals surface area contributed by atoms with Gasteiger partial charge in [0.05, 0.1) is 6.42 Å². The predicted molar refractivity (Wildman–Crippen MR) is 87.5 cm³/mol. The molecule has 1 amide bonds. The molecule has 0 aromatic heterocycles. The van der Waals surface area contributed by atoms with Crippen LogP contribution in [0, 0.1) is 13.8 Å². The molecule has 0 bridgehead atoms. The average molecular weight is 288 g/mol. The first-order valence-corrected chi connectivity index (χ1v) is 8.17. The van der Waals surface area contributed by atoms with E-state index in [9.17, 15) is 4.79 Å². The standard InChI is InChI=1S/C18H28N2O/c1-4-9-19-17-7-10-20(11-8-17)18(21)13-16-12-14(2)5-6-15(16)3/h5-6,12,17,19H,4,7-11,13H2,1-3H3. The lowest BCUT2D eigenvalue weighted by atomic mass is 10.0. The van der Waals surface area contributed by atoms with Gasteiger partial charge in [0.1, 0.15) is 0 Å². The summed E-state index contributed by atoms with van der Waals surface area (Å²) in [7, 11) is 0. The maximum atomic E-state index is 12.5. The minimum Gasteiger partial charge on any atom is -0.342 e. The zero-order valence-electron chi connectivity index (χ0n) is 13.6. The van der Waals surface area contributed by atoms with E-state index in [-0.39, 0.29) is 5.91 Å². The van der Waals surface area contributed by atoms with Gasteiger partial charge in [0.25, 0.3) is 0 Å². The van der Waals surface area contributed by atoms with Crippen LogP contribution in [0.1, 0.15) is 42.9 Å². The Balaban J connectivity index is 1.86. The van der Waals surface area contributed by atoms with Crippen LogP contribution in [0.2, 0.25) is 0 Å². The quantitative estimate of drug-likeness (QED) is 0.903. The first-order chi connectivity index (χ1) is 10.1. The summed E-state index contributed by atoms with van der Waals surface area (Å²) in [5.41, 5.74) is 3.62. The topological polar surface area (TPSA) is 32.3 Å². The van der Waals surface area contributed by atoms with E-state index in [1.165, 1.54) is 23.1 Å². The molecule has 0 unspecified atom stereocenters. The Morgan fingerprint density at radius 3 is 2.67 bits per heavy atom. The van der Waals surface area contributed by atoms with E-state index in [0.717, 1.165) is 32.5 Å². The van der Waals surface area contributed by atoms with Crippen molar-refractivity contribution >= 4 is 5.91 Å². The molecule has 1 fully saturated rings. The summed E-state index contributed by atoms with van der Waals surface area (Å²) >= 11 is 0. The van der Waals surface area contributed by atoms with Gasteiger partial charge < -0.3 is 10.2 Å². The number of likely N-dealkylation sites (tertiary alicyclic amines) is 1. The van der Waals surface area contributed by atoms with E-state index in [2.05, 4.69) is 44.3 Å². The normalized spacial score (nSPS) is 16.2. The Kier molecular flexibility index (Phi) is 5.80. The molecule has 0 aliphatic carbocycles. The predicted octanol–water partition coefficient (Wildman–Crippen LogP) is 2.84. The fourth-order valence-electron chi connectivity index (χ4n) is 2.95. The number of amides is 1. The highest BCUT2D eigenvalue weighted by molar-refractivity contribution is 5.79. The number of hydrogen-bond acceptors (Lipinski definition) is 2. The molecule has 116 valence electrons. The van der Waals surface area contributed by atoms with Crippen LogP contribution in [-0.4, -0.2) is 36.5 Å². The molecule has 0 atom stereocenters. The van der Waals surface area contributed by atoms with Gasteiger partial charge in [0.2, 0.25) is 5.91 Å². The molecule has 3 nitrogen and oxygen atoms in total. The molecule has 2 rings (SSSR count). The van der Waals surface area contributed by atoms with Gasteiger partial charge in [0, 0.05) is 19.1 Å². The summed E-state index contributed by atoms with van der Waals surface area (Å²) < 4.78 is 0. The zero-order valence-corrected chi connectivity index (χ0v) is 13.6.